The molecule has 1 aromatic heterocycles. The number of fused-ring (bicyclic) bond motifs is 1. The van der Waals surface area contributed by atoms with Crippen LogP contribution in [0.5, 0.6) is 5.88 Å². The summed E-state index contributed by atoms with van der Waals surface area (Å²) >= 11 is 0. The molecule has 5 atom stereocenters. The van der Waals surface area contributed by atoms with Crippen molar-refractivity contribution in [1.29, 1.82) is 0 Å². The number of hydrogen-bond donors (Lipinski definition) is 4. The van der Waals surface area contributed by atoms with Crippen molar-refractivity contribution in [2.75, 3.05) is 6.61 Å². The molecule has 22 heavy (non-hydrogen) atoms. The van der Waals surface area contributed by atoms with E-state index in [1.54, 1.807) is 6.07 Å². The zero-order chi connectivity index (χ0) is 15.7. The quantitative estimate of drug-likeness (QED) is 0.645. The van der Waals surface area contributed by atoms with E-state index >= 15 is 0 Å². The van der Waals surface area contributed by atoms with Crippen molar-refractivity contribution < 1.29 is 34.3 Å². The van der Waals surface area contributed by atoms with Crippen molar-refractivity contribution in [2.45, 2.75) is 30.7 Å². The van der Waals surface area contributed by atoms with Gasteiger partial charge in [0.15, 0.2) is 18.3 Å². The van der Waals surface area contributed by atoms with Crippen LogP contribution in [0.2, 0.25) is 0 Å². The summed E-state index contributed by atoms with van der Waals surface area (Å²) in [5.74, 6) is 0.304. The van der Waals surface area contributed by atoms with E-state index in [0.29, 0.717) is 5.88 Å². The van der Waals surface area contributed by atoms with Crippen molar-refractivity contribution in [3.63, 3.8) is 0 Å². The molecular weight excluding hydrogens is 297 g/mol. The van der Waals surface area contributed by atoms with Gasteiger partial charge in [-0.15, -0.1) is 0 Å². The highest BCUT2D eigenvalue weighted by Crippen LogP contribution is 2.27. The smallest absolute Gasteiger partial charge is 0.192 e. The number of ether oxygens (including phenoxy) is 2. The van der Waals surface area contributed by atoms with Gasteiger partial charge in [-0.05, 0) is 10.6 Å². The van der Waals surface area contributed by atoms with Crippen molar-refractivity contribution in [2.24, 2.45) is 0 Å². The van der Waals surface area contributed by atoms with E-state index < -0.39 is 37.3 Å². The Labute approximate surface area is 124 Å². The SMILES string of the molecule is O[C@@H]1[C@@H](Oc2cc3ccccc3[nH]2)[C@@H](O)[C@@H](COF)O[C@@H]1O. The van der Waals surface area contributed by atoms with Gasteiger partial charge in [-0.25, -0.2) is 0 Å². The standard InChI is InChI=1S/C14H16FNO6/c15-20-6-9-11(17)13(12(18)14(19)21-9)22-10-5-7-3-1-2-4-8(7)16-10/h1-5,9,11-14,16-19H,6H2/t9-,11+,12-,13+,14+/m1/s1. The van der Waals surface area contributed by atoms with Gasteiger partial charge in [0.1, 0.15) is 24.9 Å². The first-order valence-electron chi connectivity index (χ1n) is 6.78. The average molecular weight is 313 g/mol. The fourth-order valence-electron chi connectivity index (χ4n) is 2.51. The van der Waals surface area contributed by atoms with Crippen LogP contribution < -0.4 is 4.74 Å². The summed E-state index contributed by atoms with van der Waals surface area (Å²) in [6.07, 6.45) is -6.83. The van der Waals surface area contributed by atoms with Crippen molar-refractivity contribution >= 4 is 10.9 Å². The van der Waals surface area contributed by atoms with Crippen molar-refractivity contribution in [3.8, 4) is 5.88 Å². The monoisotopic (exact) mass is 313 g/mol. The van der Waals surface area contributed by atoms with Crippen LogP contribution in [0.3, 0.4) is 0 Å². The van der Waals surface area contributed by atoms with E-state index in [1.165, 1.54) is 0 Å². The number of benzene rings is 1. The number of nitrogens with one attached hydrogen (secondary N) is 1. The Balaban J connectivity index is 1.81. The predicted molar refractivity (Wildman–Crippen MR) is 72.7 cm³/mol. The van der Waals surface area contributed by atoms with Gasteiger partial charge in [-0.2, -0.15) is 4.94 Å². The molecule has 8 heteroatoms. The molecule has 0 saturated carbocycles. The molecule has 0 unspecified atom stereocenters. The first kappa shape index (κ1) is 15.2. The number of aromatic amines is 1. The van der Waals surface area contributed by atoms with E-state index in [-0.39, 0.29) is 0 Å². The first-order chi connectivity index (χ1) is 10.6. The predicted octanol–water partition coefficient (Wildman–Crippen LogP) is 0.255. The minimum atomic E-state index is -1.61. The van der Waals surface area contributed by atoms with E-state index in [4.69, 9.17) is 9.47 Å². The molecular formula is C14H16FNO6. The molecule has 0 bridgehead atoms. The Bertz CT molecular complexity index is 602. The molecule has 2 aromatic rings. The molecule has 3 rings (SSSR count). The van der Waals surface area contributed by atoms with Gasteiger partial charge in [0, 0.05) is 17.0 Å². The first-order valence-corrected chi connectivity index (χ1v) is 6.78. The molecule has 120 valence electrons. The molecule has 1 aromatic carbocycles. The molecule has 7 nitrogen and oxygen atoms in total. The van der Waals surface area contributed by atoms with E-state index in [9.17, 15) is 19.8 Å². The normalized spacial score (nSPS) is 32.3. The minimum absolute atomic E-state index is 0.304. The topological polar surface area (TPSA) is 104 Å². The fourth-order valence-corrected chi connectivity index (χ4v) is 2.51. The zero-order valence-electron chi connectivity index (χ0n) is 11.4. The molecule has 2 heterocycles. The van der Waals surface area contributed by atoms with Gasteiger partial charge in [-0.1, -0.05) is 18.2 Å². The lowest BCUT2D eigenvalue weighted by Crippen LogP contribution is -2.60. The number of H-pyrrole nitrogens is 1. The minimum Gasteiger partial charge on any atom is -0.470 e. The lowest BCUT2D eigenvalue weighted by molar-refractivity contribution is -0.298. The third kappa shape index (κ3) is 2.79. The number of hydrogen-bond acceptors (Lipinski definition) is 6. The van der Waals surface area contributed by atoms with Crippen LogP contribution in [-0.2, 0) is 9.68 Å². The maximum atomic E-state index is 12.0. The second-order valence-electron chi connectivity index (χ2n) is 5.13. The third-order valence-corrected chi connectivity index (χ3v) is 3.66. The van der Waals surface area contributed by atoms with Crippen LogP contribution in [0, 0.1) is 0 Å². The Hall–Kier alpha value is -1.71. The van der Waals surface area contributed by atoms with Gasteiger partial charge < -0.3 is 29.8 Å². The largest absolute Gasteiger partial charge is 0.470 e. The van der Waals surface area contributed by atoms with Crippen LogP contribution in [0.4, 0.5) is 4.53 Å². The Kier molecular flexibility index (Phi) is 4.27. The highest BCUT2D eigenvalue weighted by molar-refractivity contribution is 5.81. The average Bonchev–Trinajstić information content (AvgIpc) is 2.92. The molecule has 0 spiro atoms. The molecule has 0 radical (unpaired) electrons. The Morgan fingerprint density at radius 1 is 1.18 bits per heavy atom. The van der Waals surface area contributed by atoms with Gasteiger partial charge in [0.25, 0.3) is 0 Å². The summed E-state index contributed by atoms with van der Waals surface area (Å²) in [6.45, 7) is -0.586. The highest BCUT2D eigenvalue weighted by atomic mass is 19.3. The van der Waals surface area contributed by atoms with Gasteiger partial charge >= 0.3 is 0 Å². The lowest BCUT2D eigenvalue weighted by Gasteiger charge is -2.39. The van der Waals surface area contributed by atoms with Gasteiger partial charge in [0.05, 0.1) is 0 Å². The van der Waals surface area contributed by atoms with Crippen LogP contribution in [0.25, 0.3) is 10.9 Å². The number of aliphatic hydroxyl groups is 3. The van der Waals surface area contributed by atoms with Crippen molar-refractivity contribution in [3.05, 3.63) is 30.3 Å². The van der Waals surface area contributed by atoms with E-state index in [1.807, 2.05) is 24.3 Å². The van der Waals surface area contributed by atoms with Crippen LogP contribution >= 0.6 is 0 Å². The molecule has 1 aliphatic heterocycles. The van der Waals surface area contributed by atoms with Gasteiger partial charge in [0.2, 0.25) is 0 Å². The summed E-state index contributed by atoms with van der Waals surface area (Å²) in [5.41, 5.74) is 0.817. The molecule has 1 fully saturated rings. The van der Waals surface area contributed by atoms with Crippen LogP contribution in [-0.4, -0.2) is 57.6 Å². The molecule has 0 amide bonds. The fraction of sp³-hybridized carbons (Fsp3) is 0.429. The second-order valence-corrected chi connectivity index (χ2v) is 5.13. The highest BCUT2D eigenvalue weighted by Gasteiger charge is 2.46. The molecule has 1 aliphatic rings. The van der Waals surface area contributed by atoms with Crippen molar-refractivity contribution in [1.82, 2.24) is 4.98 Å². The number of rotatable bonds is 4. The number of aliphatic hydroxyl groups excluding tert-OH is 3. The lowest BCUT2D eigenvalue weighted by atomic mass is 9.99. The second kappa shape index (κ2) is 6.19. The zero-order valence-corrected chi connectivity index (χ0v) is 11.4. The maximum Gasteiger partial charge on any atom is 0.192 e. The number of aromatic nitrogens is 1. The van der Waals surface area contributed by atoms with Crippen LogP contribution in [0.15, 0.2) is 30.3 Å². The molecule has 0 aliphatic carbocycles. The summed E-state index contributed by atoms with van der Waals surface area (Å²) in [4.78, 5) is 6.41. The molecule has 4 N–H and O–H groups in total. The Morgan fingerprint density at radius 3 is 2.68 bits per heavy atom. The third-order valence-electron chi connectivity index (χ3n) is 3.66. The van der Waals surface area contributed by atoms with E-state index in [2.05, 4.69) is 9.93 Å². The maximum absolute atomic E-state index is 12.0. The summed E-state index contributed by atoms with van der Waals surface area (Å²) in [7, 11) is 0. The summed E-state index contributed by atoms with van der Waals surface area (Å²) in [6, 6.07) is 9.10. The number of halogens is 1. The summed E-state index contributed by atoms with van der Waals surface area (Å²) < 4.78 is 22.4. The van der Waals surface area contributed by atoms with E-state index in [0.717, 1.165) is 10.9 Å². The van der Waals surface area contributed by atoms with Crippen LogP contribution in [0.1, 0.15) is 0 Å². The Morgan fingerprint density at radius 2 is 1.95 bits per heavy atom. The molecule has 1 saturated heterocycles. The van der Waals surface area contributed by atoms with Gasteiger partial charge in [-0.3, -0.25) is 0 Å². The summed E-state index contributed by atoms with van der Waals surface area (Å²) in [5, 5.41) is 30.5. The number of para-hydroxylation sites is 1.